The van der Waals surface area contributed by atoms with Crippen molar-refractivity contribution in [3.05, 3.63) is 58.6 Å². The van der Waals surface area contributed by atoms with Crippen LogP contribution in [-0.2, 0) is 17.9 Å². The predicted molar refractivity (Wildman–Crippen MR) is 94.1 cm³/mol. The molecule has 0 saturated carbocycles. The molecular weight excluding hydrogens is 314 g/mol. The van der Waals surface area contributed by atoms with Crippen LogP contribution in [-0.4, -0.2) is 20.2 Å². The minimum atomic E-state index is 0.318. The smallest absolute Gasteiger partial charge is 0.193 e. The highest BCUT2D eigenvalue weighted by molar-refractivity contribution is 6.32. The van der Waals surface area contributed by atoms with Gasteiger partial charge in [0.25, 0.3) is 0 Å². The molecule has 0 spiro atoms. The number of nitrogens with two attached hydrogens (primary N) is 1. The molecule has 0 bridgehead atoms. The van der Waals surface area contributed by atoms with Crippen molar-refractivity contribution in [2.24, 2.45) is 10.7 Å². The normalized spacial score (nSPS) is 11.3. The van der Waals surface area contributed by atoms with Crippen LogP contribution < -0.4 is 15.8 Å². The van der Waals surface area contributed by atoms with Crippen molar-refractivity contribution >= 4 is 23.2 Å². The number of nitrogens with zero attached hydrogens (tertiary/aromatic N) is 1. The number of benzene rings is 2. The molecular formula is C17H20ClN3O2. The number of rotatable bonds is 6. The molecule has 122 valence electrons. The first-order chi connectivity index (χ1) is 11.1. The first-order valence-corrected chi connectivity index (χ1v) is 7.48. The Hall–Kier alpha value is -2.24. The molecule has 0 fully saturated rings. The highest BCUT2D eigenvalue weighted by atomic mass is 35.5. The number of hydrogen-bond donors (Lipinski definition) is 2. The second-order valence-corrected chi connectivity index (χ2v) is 5.28. The summed E-state index contributed by atoms with van der Waals surface area (Å²) in [4.78, 5) is 4.36. The van der Waals surface area contributed by atoms with Gasteiger partial charge in [-0.2, -0.15) is 0 Å². The number of halogens is 1. The average molecular weight is 334 g/mol. The van der Waals surface area contributed by atoms with Crippen molar-refractivity contribution in [2.45, 2.75) is 13.2 Å². The predicted octanol–water partition coefficient (Wildman–Crippen LogP) is 3.42. The van der Waals surface area contributed by atoms with Crippen LogP contribution in [0.5, 0.6) is 5.75 Å². The maximum absolute atomic E-state index is 6.08. The van der Waals surface area contributed by atoms with Crippen molar-refractivity contribution in [1.29, 1.82) is 0 Å². The van der Waals surface area contributed by atoms with Crippen LogP contribution >= 0.6 is 11.6 Å². The first-order valence-electron chi connectivity index (χ1n) is 7.10. The maximum Gasteiger partial charge on any atom is 0.193 e. The lowest BCUT2D eigenvalue weighted by atomic mass is 10.1. The molecule has 0 saturated heterocycles. The van der Waals surface area contributed by atoms with Gasteiger partial charge in [-0.1, -0.05) is 35.9 Å². The van der Waals surface area contributed by atoms with Gasteiger partial charge in [0, 0.05) is 12.8 Å². The number of guanidine groups is 1. The van der Waals surface area contributed by atoms with Crippen LogP contribution in [0.15, 0.2) is 47.5 Å². The highest BCUT2D eigenvalue weighted by Crippen LogP contribution is 2.27. The Morgan fingerprint density at radius 2 is 1.91 bits per heavy atom. The zero-order valence-corrected chi connectivity index (χ0v) is 13.9. The van der Waals surface area contributed by atoms with E-state index in [1.54, 1.807) is 26.4 Å². The Labute approximate surface area is 141 Å². The van der Waals surface area contributed by atoms with Gasteiger partial charge in [0.15, 0.2) is 5.96 Å². The minimum absolute atomic E-state index is 0.318. The molecule has 0 aliphatic rings. The van der Waals surface area contributed by atoms with Gasteiger partial charge in [-0.3, -0.25) is 0 Å². The van der Waals surface area contributed by atoms with Gasteiger partial charge in [0.2, 0.25) is 0 Å². The van der Waals surface area contributed by atoms with Gasteiger partial charge in [0.05, 0.1) is 25.3 Å². The number of anilines is 1. The summed E-state index contributed by atoms with van der Waals surface area (Å²) >= 11 is 6.08. The Morgan fingerprint density at radius 1 is 1.17 bits per heavy atom. The molecule has 0 heterocycles. The SMILES string of the molecule is COCc1ccccc1CN=C(N)Nc1ccc(OC)c(Cl)c1. The fourth-order valence-electron chi connectivity index (χ4n) is 2.11. The summed E-state index contributed by atoms with van der Waals surface area (Å²) in [5.74, 6) is 0.930. The number of methoxy groups -OCH3 is 2. The van der Waals surface area contributed by atoms with E-state index >= 15 is 0 Å². The van der Waals surface area contributed by atoms with E-state index in [1.165, 1.54) is 0 Å². The van der Waals surface area contributed by atoms with Crippen LogP contribution in [0.25, 0.3) is 0 Å². The summed E-state index contributed by atoms with van der Waals surface area (Å²) in [7, 11) is 3.24. The lowest BCUT2D eigenvalue weighted by Gasteiger charge is -2.09. The van der Waals surface area contributed by atoms with E-state index in [2.05, 4.69) is 10.3 Å². The minimum Gasteiger partial charge on any atom is -0.495 e. The number of hydrogen-bond acceptors (Lipinski definition) is 3. The van der Waals surface area contributed by atoms with Gasteiger partial charge in [-0.15, -0.1) is 0 Å². The zero-order valence-electron chi connectivity index (χ0n) is 13.2. The molecule has 0 unspecified atom stereocenters. The summed E-state index contributed by atoms with van der Waals surface area (Å²) in [6, 6.07) is 13.3. The van der Waals surface area contributed by atoms with Crippen LogP contribution in [0.2, 0.25) is 5.02 Å². The number of nitrogens with one attached hydrogen (secondary N) is 1. The zero-order chi connectivity index (χ0) is 16.7. The lowest BCUT2D eigenvalue weighted by Crippen LogP contribution is -2.22. The third kappa shape index (κ3) is 4.87. The maximum atomic E-state index is 6.08. The lowest BCUT2D eigenvalue weighted by molar-refractivity contribution is 0.184. The molecule has 2 rings (SSSR count). The Balaban J connectivity index is 2.04. The molecule has 2 aromatic carbocycles. The monoisotopic (exact) mass is 333 g/mol. The van der Waals surface area contributed by atoms with Crippen LogP contribution in [0.4, 0.5) is 5.69 Å². The molecule has 0 atom stereocenters. The van der Waals surface area contributed by atoms with Crippen molar-refractivity contribution in [3.8, 4) is 5.75 Å². The topological polar surface area (TPSA) is 68.9 Å². The molecule has 2 aromatic rings. The van der Waals surface area contributed by atoms with Gasteiger partial charge in [-0.05, 0) is 29.3 Å². The van der Waals surface area contributed by atoms with Crippen LogP contribution in [0.1, 0.15) is 11.1 Å². The van der Waals surface area contributed by atoms with Gasteiger partial charge >= 0.3 is 0 Å². The summed E-state index contributed by atoms with van der Waals surface area (Å²) in [5, 5.41) is 3.52. The molecule has 23 heavy (non-hydrogen) atoms. The fraction of sp³-hybridized carbons (Fsp3) is 0.235. The van der Waals surface area contributed by atoms with Crippen molar-refractivity contribution in [2.75, 3.05) is 19.5 Å². The van der Waals surface area contributed by atoms with E-state index in [1.807, 2.05) is 30.3 Å². The molecule has 0 amide bonds. The molecule has 6 heteroatoms. The molecule has 0 radical (unpaired) electrons. The molecule has 0 aliphatic carbocycles. The number of ether oxygens (including phenoxy) is 2. The van der Waals surface area contributed by atoms with E-state index in [9.17, 15) is 0 Å². The fourth-order valence-corrected chi connectivity index (χ4v) is 2.37. The molecule has 0 aromatic heterocycles. The third-order valence-corrected chi connectivity index (χ3v) is 3.56. The van der Waals surface area contributed by atoms with Gasteiger partial charge in [-0.25, -0.2) is 4.99 Å². The Kier molecular flexibility index (Phi) is 6.26. The quantitative estimate of drug-likeness (QED) is 0.627. The van der Waals surface area contributed by atoms with Gasteiger partial charge in [0.1, 0.15) is 5.75 Å². The van der Waals surface area contributed by atoms with Crippen molar-refractivity contribution < 1.29 is 9.47 Å². The second kappa shape index (κ2) is 8.41. The summed E-state index contributed by atoms with van der Waals surface area (Å²) in [6.07, 6.45) is 0. The summed E-state index contributed by atoms with van der Waals surface area (Å²) in [6.45, 7) is 1.02. The average Bonchev–Trinajstić information content (AvgIpc) is 2.54. The molecule has 3 N–H and O–H groups in total. The van der Waals surface area contributed by atoms with Crippen LogP contribution in [0, 0.1) is 0 Å². The molecule has 5 nitrogen and oxygen atoms in total. The largest absolute Gasteiger partial charge is 0.495 e. The Morgan fingerprint density at radius 3 is 2.57 bits per heavy atom. The van der Waals surface area contributed by atoms with Crippen molar-refractivity contribution in [1.82, 2.24) is 0 Å². The van der Waals surface area contributed by atoms with E-state index in [-0.39, 0.29) is 0 Å². The van der Waals surface area contributed by atoms with E-state index < -0.39 is 0 Å². The summed E-state index contributed by atoms with van der Waals surface area (Å²) in [5.41, 5.74) is 8.86. The Bertz CT molecular complexity index is 689. The van der Waals surface area contributed by atoms with Crippen molar-refractivity contribution in [3.63, 3.8) is 0 Å². The van der Waals surface area contributed by atoms with E-state index in [0.29, 0.717) is 29.9 Å². The van der Waals surface area contributed by atoms with E-state index in [0.717, 1.165) is 16.8 Å². The first kappa shape index (κ1) is 17.1. The van der Waals surface area contributed by atoms with Gasteiger partial charge < -0.3 is 20.5 Å². The second-order valence-electron chi connectivity index (χ2n) is 4.88. The highest BCUT2D eigenvalue weighted by Gasteiger charge is 2.04. The molecule has 0 aliphatic heterocycles. The van der Waals surface area contributed by atoms with Crippen LogP contribution in [0.3, 0.4) is 0 Å². The summed E-state index contributed by atoms with van der Waals surface area (Å²) < 4.78 is 10.3. The third-order valence-electron chi connectivity index (χ3n) is 3.26. The standard InChI is InChI=1S/C17H20ClN3O2/c1-22-11-13-6-4-3-5-12(13)10-20-17(19)21-14-7-8-16(23-2)15(18)9-14/h3-9H,10-11H2,1-2H3,(H3,19,20,21). The van der Waals surface area contributed by atoms with E-state index in [4.69, 9.17) is 26.8 Å². The number of aliphatic imine (C=N–C) groups is 1.